The Bertz CT molecular complexity index is 1020. The van der Waals surface area contributed by atoms with E-state index in [-0.39, 0.29) is 24.1 Å². The second-order valence-corrected chi connectivity index (χ2v) is 8.19. The molecule has 4 rings (SSSR count). The van der Waals surface area contributed by atoms with E-state index in [4.69, 9.17) is 4.74 Å². The molecule has 1 atom stereocenters. The molecule has 0 bridgehead atoms. The van der Waals surface area contributed by atoms with E-state index < -0.39 is 5.91 Å². The fourth-order valence-corrected chi connectivity index (χ4v) is 4.32. The van der Waals surface area contributed by atoms with Gasteiger partial charge in [-0.25, -0.2) is 0 Å². The van der Waals surface area contributed by atoms with Crippen LogP contribution in [0.1, 0.15) is 37.7 Å². The maximum atomic E-state index is 12.8. The largest absolute Gasteiger partial charge is 0.376 e. The SMILES string of the molecule is N#C/C(=C\c1cn(CC(=O)N2CCCCC2)c2ccccc12)C(=O)NCC1CCCO1. The zero-order chi connectivity index (χ0) is 21.6. The molecule has 0 spiro atoms. The fraction of sp³-hybridized carbons (Fsp3) is 0.458. The van der Waals surface area contributed by atoms with Crippen molar-refractivity contribution in [3.8, 4) is 6.07 Å². The lowest BCUT2D eigenvalue weighted by molar-refractivity contribution is -0.132. The van der Waals surface area contributed by atoms with Crippen molar-refractivity contribution in [1.82, 2.24) is 14.8 Å². The molecule has 2 aliphatic rings. The lowest BCUT2D eigenvalue weighted by Crippen LogP contribution is -2.37. The third-order valence-corrected chi connectivity index (χ3v) is 6.01. The molecule has 2 fully saturated rings. The molecule has 7 heteroatoms. The average molecular weight is 421 g/mol. The molecule has 1 N–H and O–H groups in total. The highest BCUT2D eigenvalue weighted by molar-refractivity contribution is 6.04. The summed E-state index contributed by atoms with van der Waals surface area (Å²) < 4.78 is 7.44. The molecule has 2 aliphatic heterocycles. The van der Waals surface area contributed by atoms with Gasteiger partial charge in [0.15, 0.2) is 0 Å². The van der Waals surface area contributed by atoms with Gasteiger partial charge >= 0.3 is 0 Å². The number of ether oxygens (including phenoxy) is 1. The molecular weight excluding hydrogens is 392 g/mol. The zero-order valence-electron chi connectivity index (χ0n) is 17.7. The molecule has 1 aromatic carbocycles. The number of para-hydroxylation sites is 1. The Morgan fingerprint density at radius 2 is 2.00 bits per heavy atom. The summed E-state index contributed by atoms with van der Waals surface area (Å²) in [6, 6.07) is 9.77. The number of carbonyl (C=O) groups excluding carboxylic acids is 2. The number of piperidine rings is 1. The molecule has 3 heterocycles. The maximum Gasteiger partial charge on any atom is 0.262 e. The molecule has 2 saturated heterocycles. The number of hydrogen-bond donors (Lipinski definition) is 1. The lowest BCUT2D eigenvalue weighted by atomic mass is 10.1. The molecule has 162 valence electrons. The van der Waals surface area contributed by atoms with Crippen molar-refractivity contribution in [1.29, 1.82) is 5.26 Å². The summed E-state index contributed by atoms with van der Waals surface area (Å²) in [5, 5.41) is 13.3. The van der Waals surface area contributed by atoms with E-state index in [1.165, 1.54) is 6.42 Å². The normalized spacial score (nSPS) is 19.4. The van der Waals surface area contributed by atoms with Gasteiger partial charge in [0, 0.05) is 48.9 Å². The van der Waals surface area contributed by atoms with Crippen LogP contribution in [0.15, 0.2) is 36.0 Å². The number of benzene rings is 1. The Kier molecular flexibility index (Phi) is 6.68. The Labute approximate surface area is 182 Å². The highest BCUT2D eigenvalue weighted by Crippen LogP contribution is 2.24. The van der Waals surface area contributed by atoms with Gasteiger partial charge in [-0.15, -0.1) is 0 Å². The molecule has 1 unspecified atom stereocenters. The highest BCUT2D eigenvalue weighted by atomic mass is 16.5. The zero-order valence-corrected chi connectivity index (χ0v) is 17.7. The van der Waals surface area contributed by atoms with Crippen molar-refractivity contribution >= 4 is 28.8 Å². The predicted molar refractivity (Wildman–Crippen MR) is 118 cm³/mol. The van der Waals surface area contributed by atoms with E-state index in [1.807, 2.05) is 46.0 Å². The number of rotatable bonds is 6. The molecule has 31 heavy (non-hydrogen) atoms. The van der Waals surface area contributed by atoms with Crippen LogP contribution in [-0.2, 0) is 20.9 Å². The topological polar surface area (TPSA) is 87.4 Å². The van der Waals surface area contributed by atoms with E-state index in [9.17, 15) is 14.9 Å². The molecule has 1 aromatic heterocycles. The number of nitriles is 1. The lowest BCUT2D eigenvalue weighted by Gasteiger charge is -2.27. The first-order valence-electron chi connectivity index (χ1n) is 11.0. The van der Waals surface area contributed by atoms with Crippen LogP contribution in [0, 0.1) is 11.3 Å². The van der Waals surface area contributed by atoms with Crippen molar-refractivity contribution in [3.05, 3.63) is 41.6 Å². The number of hydrogen-bond acceptors (Lipinski definition) is 4. The van der Waals surface area contributed by atoms with E-state index >= 15 is 0 Å². The smallest absolute Gasteiger partial charge is 0.262 e. The van der Waals surface area contributed by atoms with Gasteiger partial charge in [0.1, 0.15) is 18.2 Å². The van der Waals surface area contributed by atoms with Crippen LogP contribution in [-0.4, -0.2) is 53.6 Å². The first-order valence-corrected chi connectivity index (χ1v) is 11.0. The standard InChI is InChI=1S/C24H28N4O3/c25-14-18(24(30)26-15-20-7-6-12-31-20)13-19-16-28(22-9-3-2-8-21(19)22)17-23(29)27-10-4-1-5-11-27/h2-3,8-9,13,16,20H,1,4-7,10-12,15,17H2,(H,26,30)/b18-13+. The third kappa shape index (κ3) is 4.97. The Morgan fingerprint density at radius 3 is 2.74 bits per heavy atom. The van der Waals surface area contributed by atoms with E-state index in [2.05, 4.69) is 5.32 Å². The fourth-order valence-electron chi connectivity index (χ4n) is 4.32. The van der Waals surface area contributed by atoms with Crippen molar-refractivity contribution in [3.63, 3.8) is 0 Å². The molecule has 7 nitrogen and oxygen atoms in total. The first kappa shape index (κ1) is 21.1. The van der Waals surface area contributed by atoms with Gasteiger partial charge in [-0.1, -0.05) is 18.2 Å². The van der Waals surface area contributed by atoms with Crippen LogP contribution >= 0.6 is 0 Å². The second-order valence-electron chi connectivity index (χ2n) is 8.19. The van der Waals surface area contributed by atoms with Gasteiger partial charge in [0.05, 0.1) is 6.10 Å². The van der Waals surface area contributed by atoms with Gasteiger partial charge in [-0.3, -0.25) is 9.59 Å². The molecule has 2 amide bonds. The Morgan fingerprint density at radius 1 is 1.19 bits per heavy atom. The van der Waals surface area contributed by atoms with Crippen molar-refractivity contribution in [2.75, 3.05) is 26.2 Å². The van der Waals surface area contributed by atoms with Crippen LogP contribution in [0.3, 0.4) is 0 Å². The average Bonchev–Trinajstić information content (AvgIpc) is 3.45. The number of nitrogens with zero attached hydrogens (tertiary/aromatic N) is 3. The minimum atomic E-state index is -0.403. The van der Waals surface area contributed by atoms with Gasteiger partial charge < -0.3 is 19.5 Å². The molecule has 0 aliphatic carbocycles. The summed E-state index contributed by atoms with van der Waals surface area (Å²) in [4.78, 5) is 27.2. The summed E-state index contributed by atoms with van der Waals surface area (Å²) in [5.41, 5.74) is 1.71. The predicted octanol–water partition coefficient (Wildman–Crippen LogP) is 2.86. The van der Waals surface area contributed by atoms with Crippen LogP contribution in [0.25, 0.3) is 17.0 Å². The van der Waals surface area contributed by atoms with Gasteiger partial charge in [0.25, 0.3) is 5.91 Å². The molecule has 0 saturated carbocycles. The maximum absolute atomic E-state index is 12.8. The van der Waals surface area contributed by atoms with Gasteiger partial charge in [0.2, 0.25) is 5.91 Å². The minimum absolute atomic E-state index is 0.0200. The molecule has 2 aromatic rings. The highest BCUT2D eigenvalue weighted by Gasteiger charge is 2.20. The summed E-state index contributed by atoms with van der Waals surface area (Å²) in [6.45, 7) is 3.01. The quantitative estimate of drug-likeness (QED) is 0.575. The monoisotopic (exact) mass is 420 g/mol. The number of likely N-dealkylation sites (tertiary alicyclic amines) is 1. The van der Waals surface area contributed by atoms with Crippen molar-refractivity contribution < 1.29 is 14.3 Å². The Balaban J connectivity index is 1.54. The van der Waals surface area contributed by atoms with E-state index in [0.29, 0.717) is 6.54 Å². The number of carbonyl (C=O) groups is 2. The van der Waals surface area contributed by atoms with E-state index in [1.54, 1.807) is 6.08 Å². The summed E-state index contributed by atoms with van der Waals surface area (Å²) in [6.07, 6.45) is 8.69. The second kappa shape index (κ2) is 9.80. The summed E-state index contributed by atoms with van der Waals surface area (Å²) in [7, 11) is 0. The number of nitrogens with one attached hydrogen (secondary N) is 1. The Hall–Kier alpha value is -3.11. The number of amides is 2. The number of aromatic nitrogens is 1. The van der Waals surface area contributed by atoms with E-state index in [0.717, 1.165) is 61.8 Å². The van der Waals surface area contributed by atoms with Crippen LogP contribution in [0.5, 0.6) is 0 Å². The summed E-state index contributed by atoms with van der Waals surface area (Å²) >= 11 is 0. The summed E-state index contributed by atoms with van der Waals surface area (Å²) in [5.74, 6) is -0.301. The van der Waals surface area contributed by atoms with Crippen LogP contribution in [0.2, 0.25) is 0 Å². The first-order chi connectivity index (χ1) is 15.2. The van der Waals surface area contributed by atoms with Gasteiger partial charge in [-0.05, 0) is 44.2 Å². The van der Waals surface area contributed by atoms with Gasteiger partial charge in [-0.2, -0.15) is 5.26 Å². The minimum Gasteiger partial charge on any atom is -0.376 e. The van der Waals surface area contributed by atoms with Crippen molar-refractivity contribution in [2.24, 2.45) is 0 Å². The molecule has 0 radical (unpaired) electrons. The van der Waals surface area contributed by atoms with Crippen molar-refractivity contribution in [2.45, 2.75) is 44.8 Å². The van der Waals surface area contributed by atoms with Crippen LogP contribution < -0.4 is 5.32 Å². The third-order valence-electron chi connectivity index (χ3n) is 6.01. The number of fused-ring (bicyclic) bond motifs is 1. The molecular formula is C24H28N4O3. The van der Waals surface area contributed by atoms with Crippen LogP contribution in [0.4, 0.5) is 0 Å².